The Hall–Kier alpha value is -1.72. The summed E-state index contributed by atoms with van der Waals surface area (Å²) in [6.07, 6.45) is 3.74. The maximum absolute atomic E-state index is 14.0. The number of carboxylic acid groups (broad SMARTS) is 1. The van der Waals surface area contributed by atoms with E-state index in [-0.39, 0.29) is 11.9 Å². The van der Waals surface area contributed by atoms with E-state index in [1.807, 2.05) is 4.90 Å². The lowest BCUT2D eigenvalue weighted by atomic mass is 10.1. The SMILES string of the molecule is O=C(O)C=Cc1ccc(CN2CCCC(O)C2)c(F)c1. The number of aliphatic hydroxyl groups is 1. The molecule has 1 aromatic carbocycles. The third-order valence-corrected chi connectivity index (χ3v) is 3.37. The first-order valence-corrected chi connectivity index (χ1v) is 6.64. The fourth-order valence-electron chi connectivity index (χ4n) is 2.38. The van der Waals surface area contributed by atoms with Gasteiger partial charge in [-0.2, -0.15) is 0 Å². The number of rotatable bonds is 4. The number of nitrogens with zero attached hydrogens (tertiary/aromatic N) is 1. The number of hydrogen-bond donors (Lipinski definition) is 2. The van der Waals surface area contributed by atoms with E-state index in [2.05, 4.69) is 0 Å². The van der Waals surface area contributed by atoms with E-state index in [1.165, 1.54) is 12.1 Å². The lowest BCUT2D eigenvalue weighted by molar-refractivity contribution is -0.131. The van der Waals surface area contributed by atoms with E-state index in [0.717, 1.165) is 25.5 Å². The van der Waals surface area contributed by atoms with Gasteiger partial charge in [0.1, 0.15) is 5.82 Å². The highest BCUT2D eigenvalue weighted by Gasteiger charge is 2.18. The minimum Gasteiger partial charge on any atom is -0.478 e. The highest BCUT2D eigenvalue weighted by atomic mass is 19.1. The van der Waals surface area contributed by atoms with Crippen molar-refractivity contribution in [2.45, 2.75) is 25.5 Å². The molecule has 1 aromatic rings. The molecule has 0 bridgehead atoms. The number of aliphatic carboxylic acids is 1. The monoisotopic (exact) mass is 279 g/mol. The molecule has 1 atom stereocenters. The summed E-state index contributed by atoms with van der Waals surface area (Å²) in [6.45, 7) is 1.89. The molecular formula is C15H18FNO3. The Morgan fingerprint density at radius 3 is 2.95 bits per heavy atom. The Bertz CT molecular complexity index is 516. The van der Waals surface area contributed by atoms with Gasteiger partial charge in [-0.3, -0.25) is 4.90 Å². The summed E-state index contributed by atoms with van der Waals surface area (Å²) in [5, 5.41) is 18.1. The van der Waals surface area contributed by atoms with Gasteiger partial charge < -0.3 is 10.2 Å². The molecule has 20 heavy (non-hydrogen) atoms. The molecule has 1 saturated heterocycles. The molecule has 5 heteroatoms. The third kappa shape index (κ3) is 4.15. The zero-order chi connectivity index (χ0) is 14.5. The van der Waals surface area contributed by atoms with Crippen LogP contribution < -0.4 is 0 Å². The van der Waals surface area contributed by atoms with Crippen molar-refractivity contribution < 1.29 is 19.4 Å². The molecule has 1 fully saturated rings. The minimum absolute atomic E-state index is 0.329. The number of β-amino-alcohol motifs (C(OH)–C–C–N with tert-alkyl or cyclic N) is 1. The second kappa shape index (κ2) is 6.63. The van der Waals surface area contributed by atoms with Gasteiger partial charge in [-0.25, -0.2) is 9.18 Å². The first kappa shape index (κ1) is 14.7. The molecule has 2 rings (SSSR count). The Labute approximate surface area is 117 Å². The highest BCUT2D eigenvalue weighted by molar-refractivity contribution is 5.85. The molecule has 0 aliphatic carbocycles. The summed E-state index contributed by atoms with van der Waals surface area (Å²) in [4.78, 5) is 12.4. The van der Waals surface area contributed by atoms with E-state index >= 15 is 0 Å². The normalized spacial score (nSPS) is 20.4. The number of hydrogen-bond acceptors (Lipinski definition) is 3. The molecule has 1 aliphatic heterocycles. The molecule has 0 saturated carbocycles. The van der Waals surface area contributed by atoms with Crippen LogP contribution in [-0.4, -0.2) is 40.3 Å². The van der Waals surface area contributed by atoms with Gasteiger partial charge in [0.2, 0.25) is 0 Å². The average molecular weight is 279 g/mol. The summed E-state index contributed by atoms with van der Waals surface area (Å²) in [7, 11) is 0. The van der Waals surface area contributed by atoms with Gasteiger partial charge >= 0.3 is 5.97 Å². The summed E-state index contributed by atoms with van der Waals surface area (Å²) < 4.78 is 14.0. The molecular weight excluding hydrogens is 261 g/mol. The standard InChI is InChI=1S/C15H18FNO3/c16-14-8-11(4-6-15(19)20)3-5-12(14)9-17-7-1-2-13(18)10-17/h3-6,8,13,18H,1-2,7,9-10H2,(H,19,20). The number of piperidine rings is 1. The van der Waals surface area contributed by atoms with E-state index in [1.54, 1.807) is 12.1 Å². The zero-order valence-corrected chi connectivity index (χ0v) is 11.1. The van der Waals surface area contributed by atoms with Gasteiger partial charge in [0.15, 0.2) is 0 Å². The number of carbonyl (C=O) groups is 1. The number of benzene rings is 1. The van der Waals surface area contributed by atoms with Gasteiger partial charge in [0.05, 0.1) is 6.10 Å². The van der Waals surface area contributed by atoms with Crippen LogP contribution >= 0.6 is 0 Å². The zero-order valence-electron chi connectivity index (χ0n) is 11.1. The smallest absolute Gasteiger partial charge is 0.328 e. The average Bonchev–Trinajstić information content (AvgIpc) is 2.39. The molecule has 1 heterocycles. The van der Waals surface area contributed by atoms with Crippen molar-refractivity contribution in [1.29, 1.82) is 0 Å². The van der Waals surface area contributed by atoms with Crippen LogP contribution in [0.15, 0.2) is 24.3 Å². The van der Waals surface area contributed by atoms with Crippen molar-refractivity contribution in [1.82, 2.24) is 4.90 Å². The van der Waals surface area contributed by atoms with Gasteiger partial charge in [-0.1, -0.05) is 12.1 Å². The predicted molar refractivity (Wildman–Crippen MR) is 73.6 cm³/mol. The van der Waals surface area contributed by atoms with Crippen LogP contribution in [0.1, 0.15) is 24.0 Å². The van der Waals surface area contributed by atoms with Crippen LogP contribution in [0.3, 0.4) is 0 Å². The van der Waals surface area contributed by atoms with E-state index in [9.17, 15) is 14.3 Å². The number of aliphatic hydroxyl groups excluding tert-OH is 1. The molecule has 1 aliphatic rings. The Morgan fingerprint density at radius 2 is 2.30 bits per heavy atom. The van der Waals surface area contributed by atoms with Crippen LogP contribution in [0.25, 0.3) is 6.08 Å². The van der Waals surface area contributed by atoms with Crippen LogP contribution in [0, 0.1) is 5.82 Å². The lowest BCUT2D eigenvalue weighted by Crippen LogP contribution is -2.37. The maximum atomic E-state index is 14.0. The van der Waals surface area contributed by atoms with Crippen LogP contribution in [0.5, 0.6) is 0 Å². The van der Waals surface area contributed by atoms with Gasteiger partial charge in [0, 0.05) is 24.7 Å². The van der Waals surface area contributed by atoms with E-state index in [0.29, 0.717) is 24.2 Å². The van der Waals surface area contributed by atoms with Gasteiger partial charge in [-0.15, -0.1) is 0 Å². The Morgan fingerprint density at radius 1 is 1.50 bits per heavy atom. The fourth-order valence-corrected chi connectivity index (χ4v) is 2.38. The van der Waals surface area contributed by atoms with Gasteiger partial charge in [-0.05, 0) is 37.1 Å². The summed E-state index contributed by atoms with van der Waals surface area (Å²) in [5.74, 6) is -1.41. The fraction of sp³-hybridized carbons (Fsp3) is 0.400. The molecule has 0 aromatic heterocycles. The first-order chi connectivity index (χ1) is 9.54. The van der Waals surface area contributed by atoms with E-state index < -0.39 is 5.97 Å². The molecule has 4 nitrogen and oxygen atoms in total. The summed E-state index contributed by atoms with van der Waals surface area (Å²) in [6, 6.07) is 4.69. The second-order valence-corrected chi connectivity index (χ2v) is 5.05. The van der Waals surface area contributed by atoms with E-state index in [4.69, 9.17) is 5.11 Å². The van der Waals surface area contributed by atoms with Crippen molar-refractivity contribution >= 4 is 12.0 Å². The van der Waals surface area contributed by atoms with Crippen LogP contribution in [0.4, 0.5) is 4.39 Å². The van der Waals surface area contributed by atoms with Crippen molar-refractivity contribution in [3.63, 3.8) is 0 Å². The number of likely N-dealkylation sites (tertiary alicyclic amines) is 1. The largest absolute Gasteiger partial charge is 0.478 e. The molecule has 0 spiro atoms. The molecule has 0 radical (unpaired) electrons. The van der Waals surface area contributed by atoms with Crippen LogP contribution in [0.2, 0.25) is 0 Å². The quantitative estimate of drug-likeness (QED) is 0.826. The van der Waals surface area contributed by atoms with Crippen molar-refractivity contribution in [2.24, 2.45) is 0 Å². The molecule has 0 amide bonds. The second-order valence-electron chi connectivity index (χ2n) is 5.05. The number of halogens is 1. The molecule has 108 valence electrons. The highest BCUT2D eigenvalue weighted by Crippen LogP contribution is 2.17. The van der Waals surface area contributed by atoms with Crippen molar-refractivity contribution in [2.75, 3.05) is 13.1 Å². The van der Waals surface area contributed by atoms with Gasteiger partial charge in [0.25, 0.3) is 0 Å². The summed E-state index contributed by atoms with van der Waals surface area (Å²) >= 11 is 0. The van der Waals surface area contributed by atoms with Crippen LogP contribution in [-0.2, 0) is 11.3 Å². The van der Waals surface area contributed by atoms with Crippen molar-refractivity contribution in [3.8, 4) is 0 Å². The molecule has 2 N–H and O–H groups in total. The molecule has 1 unspecified atom stereocenters. The third-order valence-electron chi connectivity index (χ3n) is 3.37. The Kier molecular flexibility index (Phi) is 4.87. The first-order valence-electron chi connectivity index (χ1n) is 6.64. The maximum Gasteiger partial charge on any atom is 0.328 e. The Balaban J connectivity index is 2.04. The predicted octanol–water partition coefficient (Wildman–Crippen LogP) is 1.88. The van der Waals surface area contributed by atoms with Crippen molar-refractivity contribution in [3.05, 3.63) is 41.2 Å². The number of carboxylic acids is 1. The summed E-state index contributed by atoms with van der Waals surface area (Å²) in [5.41, 5.74) is 1.08. The lowest BCUT2D eigenvalue weighted by Gasteiger charge is -2.30. The minimum atomic E-state index is -1.06. The topological polar surface area (TPSA) is 60.8 Å².